The first-order valence-electron chi connectivity index (χ1n) is 4.88. The van der Waals surface area contributed by atoms with E-state index in [0.717, 1.165) is 5.92 Å². The molecule has 0 saturated heterocycles. The summed E-state index contributed by atoms with van der Waals surface area (Å²) < 4.78 is 3.29. The predicted octanol–water partition coefficient (Wildman–Crippen LogP) is 3.95. The Balaban J connectivity index is 2.13. The number of nitrogens with one attached hydrogen (secondary N) is 1. The normalized spacial score (nSPS) is 20.4. The molecular formula is C10H16NP. The molecule has 0 spiro atoms. The minimum absolute atomic E-state index is 0.895. The van der Waals surface area contributed by atoms with Gasteiger partial charge >= 0.3 is 0 Å². The molecule has 0 bridgehead atoms. The Kier molecular flexibility index (Phi) is 2.51. The molecule has 0 unspecified atom stereocenters. The number of H-pyrrole nitrogens is 1. The molecule has 1 saturated carbocycles. The van der Waals surface area contributed by atoms with E-state index in [1.54, 1.807) is 5.30 Å². The lowest BCUT2D eigenvalue weighted by molar-refractivity contribution is 0.447. The average molecular weight is 181 g/mol. The molecule has 12 heavy (non-hydrogen) atoms. The number of rotatable bonds is 1. The standard InChI is InChI=1S/C10H16NP/c1-8-7-11-12-10(8)9-5-3-2-4-6-9/h7,9,11H,2-6H2,1H3. The third-order valence-corrected chi connectivity index (χ3v) is 4.08. The fourth-order valence-electron chi connectivity index (χ4n) is 2.15. The van der Waals surface area contributed by atoms with Crippen LogP contribution in [0.1, 0.15) is 48.9 Å². The van der Waals surface area contributed by atoms with Crippen molar-refractivity contribution in [3.05, 3.63) is 17.1 Å². The highest BCUT2D eigenvalue weighted by Gasteiger charge is 2.17. The predicted molar refractivity (Wildman–Crippen MR) is 53.9 cm³/mol. The zero-order valence-corrected chi connectivity index (χ0v) is 8.53. The van der Waals surface area contributed by atoms with Gasteiger partial charge in [0.2, 0.25) is 0 Å². The minimum atomic E-state index is 0.895. The number of aromatic nitrogens is 1. The number of hydrogen-bond acceptors (Lipinski definition) is 0. The maximum atomic E-state index is 3.29. The van der Waals surface area contributed by atoms with Gasteiger partial charge in [-0.2, -0.15) is 0 Å². The molecule has 1 nitrogen and oxygen atoms in total. The Morgan fingerprint density at radius 1 is 1.33 bits per heavy atom. The Hall–Kier alpha value is -0.290. The van der Waals surface area contributed by atoms with Crippen molar-refractivity contribution < 1.29 is 0 Å². The van der Waals surface area contributed by atoms with Crippen LogP contribution in [-0.2, 0) is 0 Å². The average Bonchev–Trinajstić information content (AvgIpc) is 2.53. The molecule has 1 N–H and O–H groups in total. The van der Waals surface area contributed by atoms with Gasteiger partial charge in [-0.3, -0.25) is 0 Å². The zero-order chi connectivity index (χ0) is 8.39. The third-order valence-electron chi connectivity index (χ3n) is 2.86. The second kappa shape index (κ2) is 3.62. The summed E-state index contributed by atoms with van der Waals surface area (Å²) in [5, 5.41) is 1.66. The van der Waals surface area contributed by atoms with E-state index in [1.807, 2.05) is 0 Å². The summed E-state index contributed by atoms with van der Waals surface area (Å²) in [5.74, 6) is 0.895. The van der Waals surface area contributed by atoms with E-state index in [-0.39, 0.29) is 0 Å². The lowest BCUT2D eigenvalue weighted by Gasteiger charge is -2.20. The van der Waals surface area contributed by atoms with Gasteiger partial charge in [-0.15, -0.1) is 0 Å². The van der Waals surface area contributed by atoms with Crippen LogP contribution >= 0.6 is 8.35 Å². The van der Waals surface area contributed by atoms with Crippen molar-refractivity contribution in [1.82, 2.24) is 4.75 Å². The van der Waals surface area contributed by atoms with Gasteiger partial charge in [-0.25, -0.2) is 0 Å². The Labute approximate surface area is 75.7 Å². The highest BCUT2D eigenvalue weighted by Crippen LogP contribution is 2.37. The van der Waals surface area contributed by atoms with Crippen molar-refractivity contribution in [3.8, 4) is 0 Å². The summed E-state index contributed by atoms with van der Waals surface area (Å²) in [5.41, 5.74) is 1.49. The molecule has 1 heterocycles. The van der Waals surface area contributed by atoms with E-state index >= 15 is 0 Å². The maximum absolute atomic E-state index is 3.29. The zero-order valence-electron chi connectivity index (χ0n) is 7.64. The molecule has 66 valence electrons. The first-order valence-corrected chi connectivity index (χ1v) is 5.77. The van der Waals surface area contributed by atoms with Crippen LogP contribution in [-0.4, -0.2) is 4.75 Å². The number of aromatic amines is 1. The van der Waals surface area contributed by atoms with E-state index in [4.69, 9.17) is 0 Å². The van der Waals surface area contributed by atoms with Gasteiger partial charge in [0.05, 0.1) is 0 Å². The summed E-state index contributed by atoms with van der Waals surface area (Å²) in [6.07, 6.45) is 9.35. The topological polar surface area (TPSA) is 15.8 Å². The molecule has 2 rings (SSSR count). The van der Waals surface area contributed by atoms with Crippen LogP contribution in [0.3, 0.4) is 0 Å². The summed E-state index contributed by atoms with van der Waals surface area (Å²) in [6.45, 7) is 2.23. The van der Waals surface area contributed by atoms with E-state index in [2.05, 4.69) is 17.9 Å². The van der Waals surface area contributed by atoms with Gasteiger partial charge in [-0.05, 0) is 31.2 Å². The van der Waals surface area contributed by atoms with Crippen LogP contribution in [0, 0.1) is 6.92 Å². The molecule has 1 fully saturated rings. The minimum Gasteiger partial charge on any atom is -0.344 e. The monoisotopic (exact) mass is 181 g/mol. The Morgan fingerprint density at radius 3 is 2.67 bits per heavy atom. The van der Waals surface area contributed by atoms with Gasteiger partial charge in [-0.1, -0.05) is 19.3 Å². The van der Waals surface area contributed by atoms with E-state index in [9.17, 15) is 0 Å². The third kappa shape index (κ3) is 1.56. The highest BCUT2D eigenvalue weighted by atomic mass is 31.0. The van der Waals surface area contributed by atoms with Crippen LogP contribution in [0.2, 0.25) is 0 Å². The van der Waals surface area contributed by atoms with Crippen LogP contribution in [0.5, 0.6) is 0 Å². The Morgan fingerprint density at radius 2 is 2.08 bits per heavy atom. The molecule has 2 heteroatoms. The Bertz CT molecular complexity index is 248. The van der Waals surface area contributed by atoms with E-state index < -0.39 is 0 Å². The van der Waals surface area contributed by atoms with Crippen molar-refractivity contribution in [2.75, 3.05) is 0 Å². The van der Waals surface area contributed by atoms with Crippen molar-refractivity contribution in [2.45, 2.75) is 44.9 Å². The van der Waals surface area contributed by atoms with Gasteiger partial charge in [0.15, 0.2) is 0 Å². The number of hydrogen-bond donors (Lipinski definition) is 1. The van der Waals surface area contributed by atoms with Crippen LogP contribution < -0.4 is 0 Å². The quantitative estimate of drug-likeness (QED) is 0.675. The second-order valence-corrected chi connectivity index (χ2v) is 4.75. The van der Waals surface area contributed by atoms with Crippen molar-refractivity contribution in [1.29, 1.82) is 0 Å². The van der Waals surface area contributed by atoms with Gasteiger partial charge in [0.1, 0.15) is 0 Å². The van der Waals surface area contributed by atoms with E-state index in [1.165, 1.54) is 46.0 Å². The molecule has 1 aliphatic carbocycles. The molecule has 0 aromatic carbocycles. The SMILES string of the molecule is Cc1c[nH]pc1C1CCCCC1. The first kappa shape index (κ1) is 8.31. The molecule has 1 aliphatic rings. The summed E-state index contributed by atoms with van der Waals surface area (Å²) in [4.78, 5) is 0. The largest absolute Gasteiger partial charge is 0.344 e. The maximum Gasteiger partial charge on any atom is 0.0144 e. The highest BCUT2D eigenvalue weighted by molar-refractivity contribution is 7.26. The molecule has 0 atom stereocenters. The molecule has 1 aromatic heterocycles. The van der Waals surface area contributed by atoms with Gasteiger partial charge in [0.25, 0.3) is 0 Å². The smallest absolute Gasteiger partial charge is 0.0144 e. The lowest BCUT2D eigenvalue weighted by Crippen LogP contribution is -2.03. The second-order valence-electron chi connectivity index (χ2n) is 3.79. The van der Waals surface area contributed by atoms with Crippen LogP contribution in [0.4, 0.5) is 0 Å². The van der Waals surface area contributed by atoms with Crippen molar-refractivity contribution in [2.24, 2.45) is 0 Å². The lowest BCUT2D eigenvalue weighted by atomic mass is 9.87. The van der Waals surface area contributed by atoms with E-state index in [0.29, 0.717) is 0 Å². The summed E-state index contributed by atoms with van der Waals surface area (Å²) in [7, 11) is 1.36. The fourth-order valence-corrected chi connectivity index (χ4v) is 3.23. The summed E-state index contributed by atoms with van der Waals surface area (Å²) >= 11 is 0. The van der Waals surface area contributed by atoms with Crippen molar-refractivity contribution in [3.63, 3.8) is 0 Å². The fraction of sp³-hybridized carbons (Fsp3) is 0.700. The molecular weight excluding hydrogens is 165 g/mol. The number of aryl methyl sites for hydroxylation is 1. The van der Waals surface area contributed by atoms with Gasteiger partial charge in [0, 0.05) is 19.8 Å². The van der Waals surface area contributed by atoms with Crippen LogP contribution in [0.25, 0.3) is 0 Å². The molecule has 0 amide bonds. The van der Waals surface area contributed by atoms with Crippen LogP contribution in [0.15, 0.2) is 6.20 Å². The van der Waals surface area contributed by atoms with Gasteiger partial charge < -0.3 is 4.75 Å². The molecule has 1 aromatic rings. The molecule has 0 aliphatic heterocycles. The summed E-state index contributed by atoms with van der Waals surface area (Å²) in [6, 6.07) is 0. The first-order chi connectivity index (χ1) is 5.88. The van der Waals surface area contributed by atoms with Crippen molar-refractivity contribution >= 4 is 8.35 Å². The molecule has 0 radical (unpaired) electrons.